The van der Waals surface area contributed by atoms with Crippen molar-refractivity contribution in [1.82, 2.24) is 24.5 Å². The van der Waals surface area contributed by atoms with Gasteiger partial charge in [0.15, 0.2) is 5.69 Å². The number of anilines is 2. The van der Waals surface area contributed by atoms with Crippen LogP contribution in [0.5, 0.6) is 0 Å². The van der Waals surface area contributed by atoms with E-state index in [2.05, 4.69) is 15.3 Å². The van der Waals surface area contributed by atoms with Gasteiger partial charge in [0.25, 0.3) is 5.56 Å². The third-order valence-electron chi connectivity index (χ3n) is 5.41. The Balaban J connectivity index is 1.78. The fourth-order valence-electron chi connectivity index (χ4n) is 3.68. The summed E-state index contributed by atoms with van der Waals surface area (Å²) in [5.74, 6) is -0.447. The highest BCUT2D eigenvalue weighted by Crippen LogP contribution is 2.21. The Kier molecular flexibility index (Phi) is 6.34. The van der Waals surface area contributed by atoms with Crippen LogP contribution in [0.25, 0.3) is 11.0 Å². The van der Waals surface area contributed by atoms with Crippen LogP contribution in [0.1, 0.15) is 25.3 Å². The number of aromatic amines is 1. The van der Waals surface area contributed by atoms with Crippen LogP contribution in [0, 0.1) is 0 Å². The lowest BCUT2D eigenvalue weighted by Gasteiger charge is -2.24. The molecule has 0 aliphatic carbocycles. The van der Waals surface area contributed by atoms with E-state index < -0.39 is 17.2 Å². The number of nitrogens with one attached hydrogen (secondary N) is 1. The molecule has 0 saturated carbocycles. The molecule has 0 saturated heterocycles. The quantitative estimate of drug-likeness (QED) is 0.424. The van der Waals surface area contributed by atoms with Crippen molar-refractivity contribution < 1.29 is 4.79 Å². The summed E-state index contributed by atoms with van der Waals surface area (Å²) in [7, 11) is 0. The van der Waals surface area contributed by atoms with Crippen molar-refractivity contribution in [1.29, 1.82) is 0 Å². The van der Waals surface area contributed by atoms with E-state index in [4.69, 9.17) is 5.73 Å². The van der Waals surface area contributed by atoms with Crippen LogP contribution in [-0.4, -0.2) is 30.5 Å². The van der Waals surface area contributed by atoms with E-state index in [0.29, 0.717) is 24.0 Å². The van der Waals surface area contributed by atoms with Crippen LogP contribution < -0.4 is 21.9 Å². The maximum absolute atomic E-state index is 13.5. The van der Waals surface area contributed by atoms with Crippen LogP contribution in [0.2, 0.25) is 0 Å². The Bertz CT molecular complexity index is 1390. The number of H-pyrrole nitrogens is 1. The molecule has 0 aliphatic rings. The molecular formula is C23H25N7O3. The molecule has 3 N–H and O–H groups in total. The number of carbonyl (C=O) groups is 1. The third kappa shape index (κ3) is 4.54. The first kappa shape index (κ1) is 22.0. The van der Waals surface area contributed by atoms with Crippen LogP contribution in [0.15, 0.2) is 64.2 Å². The Morgan fingerprint density at radius 2 is 1.82 bits per heavy atom. The smallest absolute Gasteiger partial charge is 0.330 e. The topological polar surface area (TPSA) is 132 Å². The van der Waals surface area contributed by atoms with E-state index in [0.717, 1.165) is 12.0 Å². The predicted molar refractivity (Wildman–Crippen MR) is 126 cm³/mol. The monoisotopic (exact) mass is 447 g/mol. The minimum atomic E-state index is -0.710. The van der Waals surface area contributed by atoms with Crippen molar-refractivity contribution in [2.45, 2.75) is 39.4 Å². The first-order valence-electron chi connectivity index (χ1n) is 10.7. The zero-order valence-electron chi connectivity index (χ0n) is 18.3. The van der Waals surface area contributed by atoms with Crippen molar-refractivity contribution in [3.63, 3.8) is 0 Å². The molecule has 0 fully saturated rings. The lowest BCUT2D eigenvalue weighted by Crippen LogP contribution is -2.42. The molecule has 0 bridgehead atoms. The van der Waals surface area contributed by atoms with Crippen molar-refractivity contribution in [2.75, 3.05) is 10.6 Å². The van der Waals surface area contributed by atoms with Gasteiger partial charge in [0.1, 0.15) is 17.9 Å². The van der Waals surface area contributed by atoms with Crippen LogP contribution in [-0.2, 0) is 24.4 Å². The highest BCUT2D eigenvalue weighted by Gasteiger charge is 2.25. The molecule has 2 heterocycles. The minimum absolute atomic E-state index is 0.0371. The van der Waals surface area contributed by atoms with Crippen LogP contribution in [0.4, 0.5) is 11.5 Å². The maximum atomic E-state index is 13.5. The number of benzene rings is 2. The van der Waals surface area contributed by atoms with E-state index in [1.54, 1.807) is 6.07 Å². The fourth-order valence-corrected chi connectivity index (χ4v) is 3.68. The molecule has 4 aromatic rings. The lowest BCUT2D eigenvalue weighted by molar-refractivity contribution is -0.119. The first-order valence-corrected chi connectivity index (χ1v) is 10.7. The molecule has 10 heteroatoms. The summed E-state index contributed by atoms with van der Waals surface area (Å²) in [5, 5.41) is 8.17. The number of para-hydroxylation sites is 1. The molecule has 4 rings (SSSR count). The van der Waals surface area contributed by atoms with Crippen LogP contribution >= 0.6 is 0 Å². The number of amides is 1. The number of nitrogen functional groups attached to an aromatic ring is 1. The average Bonchev–Trinajstić information content (AvgIpc) is 3.21. The van der Waals surface area contributed by atoms with Gasteiger partial charge in [-0.3, -0.25) is 24.0 Å². The van der Waals surface area contributed by atoms with Gasteiger partial charge in [-0.2, -0.15) is 0 Å². The van der Waals surface area contributed by atoms with Gasteiger partial charge in [0.2, 0.25) is 5.91 Å². The zero-order chi connectivity index (χ0) is 23.4. The van der Waals surface area contributed by atoms with Gasteiger partial charge in [0, 0.05) is 6.54 Å². The third-order valence-corrected chi connectivity index (χ3v) is 5.41. The van der Waals surface area contributed by atoms with Crippen molar-refractivity contribution >= 4 is 28.4 Å². The average molecular weight is 447 g/mol. The second kappa shape index (κ2) is 9.51. The number of hydrogen-bond donors (Lipinski definition) is 2. The van der Waals surface area contributed by atoms with E-state index in [1.807, 2.05) is 55.5 Å². The predicted octanol–water partition coefficient (Wildman–Crippen LogP) is 1.90. The molecule has 10 nitrogen and oxygen atoms in total. The molecule has 2 aromatic heterocycles. The SMILES string of the molecule is CCCCn1c(N)c(N(Cc2ccccc2)C(=O)Cn2nnc3ccccc32)c(=O)[nH]c1=O. The summed E-state index contributed by atoms with van der Waals surface area (Å²) >= 11 is 0. The molecular weight excluding hydrogens is 422 g/mol. The van der Waals surface area contributed by atoms with Gasteiger partial charge in [-0.25, -0.2) is 9.48 Å². The van der Waals surface area contributed by atoms with Gasteiger partial charge in [0.05, 0.1) is 12.1 Å². The fraction of sp³-hybridized carbons (Fsp3) is 0.261. The zero-order valence-corrected chi connectivity index (χ0v) is 18.3. The molecule has 0 radical (unpaired) electrons. The standard InChI is InChI=1S/C23H25N7O3/c1-2-3-13-28-21(24)20(22(32)25-23(28)33)29(14-16-9-5-4-6-10-16)19(31)15-30-18-12-8-7-11-17(18)26-27-30/h4-12H,2-3,13-15,24H2,1H3,(H,25,32,33). The number of rotatable bonds is 8. The number of carbonyl (C=O) groups excluding carboxylic acids is 1. The lowest BCUT2D eigenvalue weighted by atomic mass is 10.2. The minimum Gasteiger partial charge on any atom is -0.383 e. The van der Waals surface area contributed by atoms with Crippen molar-refractivity contribution in [3.05, 3.63) is 81.0 Å². The van der Waals surface area contributed by atoms with Gasteiger partial charge in [-0.05, 0) is 24.1 Å². The van der Waals surface area contributed by atoms with Gasteiger partial charge in [-0.1, -0.05) is 61.0 Å². The second-order valence-electron chi connectivity index (χ2n) is 7.70. The summed E-state index contributed by atoms with van der Waals surface area (Å²) < 4.78 is 2.78. The highest BCUT2D eigenvalue weighted by atomic mass is 16.2. The summed E-state index contributed by atoms with van der Waals surface area (Å²) in [6.45, 7) is 2.28. The second-order valence-corrected chi connectivity index (χ2v) is 7.70. The molecule has 1 amide bonds. The van der Waals surface area contributed by atoms with Crippen LogP contribution in [0.3, 0.4) is 0 Å². The Morgan fingerprint density at radius 3 is 2.58 bits per heavy atom. The number of unbranched alkanes of at least 4 members (excludes halogenated alkanes) is 1. The molecule has 0 atom stereocenters. The molecule has 0 aliphatic heterocycles. The summed E-state index contributed by atoms with van der Waals surface area (Å²) in [6.07, 6.45) is 1.54. The summed E-state index contributed by atoms with van der Waals surface area (Å²) in [4.78, 5) is 42.4. The normalized spacial score (nSPS) is 11.1. The molecule has 170 valence electrons. The van der Waals surface area contributed by atoms with Gasteiger partial charge in [-0.15, -0.1) is 5.10 Å². The number of fused-ring (bicyclic) bond motifs is 1. The Labute approximate surface area is 189 Å². The molecule has 2 aromatic carbocycles. The highest BCUT2D eigenvalue weighted by molar-refractivity contribution is 5.96. The Morgan fingerprint density at radius 1 is 1.09 bits per heavy atom. The number of nitrogens with two attached hydrogens (primary N) is 1. The maximum Gasteiger partial charge on any atom is 0.330 e. The largest absolute Gasteiger partial charge is 0.383 e. The van der Waals surface area contributed by atoms with E-state index >= 15 is 0 Å². The number of hydrogen-bond acceptors (Lipinski definition) is 6. The van der Waals surface area contributed by atoms with E-state index in [9.17, 15) is 14.4 Å². The molecule has 33 heavy (non-hydrogen) atoms. The van der Waals surface area contributed by atoms with E-state index in [1.165, 1.54) is 14.1 Å². The first-order chi connectivity index (χ1) is 16.0. The number of aromatic nitrogens is 5. The molecule has 0 spiro atoms. The molecule has 0 unspecified atom stereocenters. The van der Waals surface area contributed by atoms with Gasteiger partial charge >= 0.3 is 5.69 Å². The van der Waals surface area contributed by atoms with Crippen molar-refractivity contribution in [3.8, 4) is 0 Å². The van der Waals surface area contributed by atoms with Gasteiger partial charge < -0.3 is 5.73 Å². The summed E-state index contributed by atoms with van der Waals surface area (Å²) in [5.41, 5.74) is 7.10. The Hall–Kier alpha value is -4.21. The van der Waals surface area contributed by atoms with Crippen molar-refractivity contribution in [2.24, 2.45) is 0 Å². The number of nitrogens with zero attached hydrogens (tertiary/aromatic N) is 5. The summed E-state index contributed by atoms with van der Waals surface area (Å²) in [6, 6.07) is 16.5. The van der Waals surface area contributed by atoms with E-state index in [-0.39, 0.29) is 24.6 Å².